The van der Waals surface area contributed by atoms with E-state index < -0.39 is 0 Å². The number of ether oxygens (including phenoxy) is 2. The molecule has 106 valence electrons. The van der Waals surface area contributed by atoms with E-state index in [9.17, 15) is 0 Å². The monoisotopic (exact) mass is 263 g/mol. The quantitative estimate of drug-likeness (QED) is 0.872. The van der Waals surface area contributed by atoms with Crippen LogP contribution in [0.25, 0.3) is 0 Å². The number of anilines is 1. The lowest BCUT2D eigenvalue weighted by atomic mass is 9.82. The number of methoxy groups -OCH3 is 2. The highest BCUT2D eigenvalue weighted by molar-refractivity contribution is 5.59. The van der Waals surface area contributed by atoms with Crippen LogP contribution in [-0.2, 0) is 0 Å². The largest absolute Gasteiger partial charge is 0.497 e. The maximum absolute atomic E-state index is 5.41. The molecule has 1 aliphatic carbocycles. The molecule has 0 amide bonds. The van der Waals surface area contributed by atoms with Crippen molar-refractivity contribution in [3.8, 4) is 11.5 Å². The van der Waals surface area contributed by atoms with E-state index >= 15 is 0 Å². The summed E-state index contributed by atoms with van der Waals surface area (Å²) in [6.45, 7) is 3.40. The highest BCUT2D eigenvalue weighted by Crippen LogP contribution is 2.32. The van der Waals surface area contributed by atoms with Crippen LogP contribution in [-0.4, -0.2) is 20.8 Å². The molecule has 0 bridgehead atoms. The highest BCUT2D eigenvalue weighted by Gasteiger charge is 2.18. The Morgan fingerprint density at radius 3 is 2.74 bits per heavy atom. The molecular formula is C16H25NO2. The van der Waals surface area contributed by atoms with Gasteiger partial charge >= 0.3 is 0 Å². The Bertz CT molecular complexity index is 406. The third-order valence-electron chi connectivity index (χ3n) is 4.03. The molecule has 0 aromatic heterocycles. The van der Waals surface area contributed by atoms with Crippen LogP contribution >= 0.6 is 0 Å². The maximum Gasteiger partial charge on any atom is 0.145 e. The molecular weight excluding hydrogens is 238 g/mol. The fourth-order valence-electron chi connectivity index (χ4n) is 2.94. The van der Waals surface area contributed by atoms with Gasteiger partial charge in [-0.1, -0.05) is 19.8 Å². The summed E-state index contributed by atoms with van der Waals surface area (Å²) in [6, 6.07) is 5.92. The number of hydrogen-bond acceptors (Lipinski definition) is 3. The van der Waals surface area contributed by atoms with Gasteiger partial charge in [0.15, 0.2) is 0 Å². The van der Waals surface area contributed by atoms with Gasteiger partial charge in [0.1, 0.15) is 11.5 Å². The van der Waals surface area contributed by atoms with E-state index in [1.807, 2.05) is 18.2 Å². The van der Waals surface area contributed by atoms with Gasteiger partial charge in [0.2, 0.25) is 0 Å². The van der Waals surface area contributed by atoms with E-state index in [2.05, 4.69) is 12.2 Å². The molecule has 1 aromatic rings. The van der Waals surface area contributed by atoms with Crippen molar-refractivity contribution in [3.05, 3.63) is 18.2 Å². The smallest absolute Gasteiger partial charge is 0.145 e. The molecule has 3 nitrogen and oxygen atoms in total. The van der Waals surface area contributed by atoms with Crippen LogP contribution in [0.1, 0.15) is 32.6 Å². The topological polar surface area (TPSA) is 30.5 Å². The Hall–Kier alpha value is -1.38. The molecule has 0 saturated heterocycles. The van der Waals surface area contributed by atoms with Crippen LogP contribution in [0.15, 0.2) is 18.2 Å². The van der Waals surface area contributed by atoms with Crippen molar-refractivity contribution in [2.24, 2.45) is 11.8 Å². The van der Waals surface area contributed by atoms with E-state index in [0.717, 1.165) is 35.6 Å². The van der Waals surface area contributed by atoms with E-state index in [-0.39, 0.29) is 0 Å². The first kappa shape index (κ1) is 14.0. The van der Waals surface area contributed by atoms with Gasteiger partial charge in [0, 0.05) is 12.6 Å². The highest BCUT2D eigenvalue weighted by atomic mass is 16.5. The molecule has 1 saturated carbocycles. The zero-order valence-corrected chi connectivity index (χ0v) is 12.2. The second-order valence-corrected chi connectivity index (χ2v) is 5.58. The summed E-state index contributed by atoms with van der Waals surface area (Å²) in [4.78, 5) is 0. The van der Waals surface area contributed by atoms with Crippen molar-refractivity contribution in [3.63, 3.8) is 0 Å². The van der Waals surface area contributed by atoms with Crippen LogP contribution in [0.4, 0.5) is 5.69 Å². The fourth-order valence-corrected chi connectivity index (χ4v) is 2.94. The third-order valence-corrected chi connectivity index (χ3v) is 4.03. The van der Waals surface area contributed by atoms with Gasteiger partial charge in [-0.05, 0) is 36.8 Å². The standard InChI is InChI=1S/C16H25NO2/c1-12-5-4-6-13(9-12)11-17-15-8-7-14(18-2)10-16(15)19-3/h7-8,10,12-13,17H,4-6,9,11H2,1-3H3. The summed E-state index contributed by atoms with van der Waals surface area (Å²) in [5.74, 6) is 3.34. The normalized spacial score (nSPS) is 22.9. The second kappa shape index (κ2) is 6.69. The van der Waals surface area contributed by atoms with Crippen LogP contribution in [0.3, 0.4) is 0 Å². The van der Waals surface area contributed by atoms with Crippen molar-refractivity contribution >= 4 is 5.69 Å². The first-order chi connectivity index (χ1) is 9.22. The van der Waals surface area contributed by atoms with Crippen molar-refractivity contribution < 1.29 is 9.47 Å². The molecule has 0 spiro atoms. The van der Waals surface area contributed by atoms with Gasteiger partial charge < -0.3 is 14.8 Å². The van der Waals surface area contributed by atoms with Crippen LogP contribution < -0.4 is 14.8 Å². The molecule has 1 aromatic carbocycles. The molecule has 0 heterocycles. The minimum Gasteiger partial charge on any atom is -0.497 e. The number of benzene rings is 1. The lowest BCUT2D eigenvalue weighted by molar-refractivity contribution is 0.293. The first-order valence-electron chi connectivity index (χ1n) is 7.18. The number of rotatable bonds is 5. The summed E-state index contributed by atoms with van der Waals surface area (Å²) < 4.78 is 10.6. The van der Waals surface area contributed by atoms with E-state index in [1.54, 1.807) is 14.2 Å². The Labute approximate surface area is 116 Å². The molecule has 0 radical (unpaired) electrons. The summed E-state index contributed by atoms with van der Waals surface area (Å²) in [6.07, 6.45) is 5.44. The maximum atomic E-state index is 5.41. The summed E-state index contributed by atoms with van der Waals surface area (Å²) in [5, 5.41) is 3.53. The van der Waals surface area contributed by atoms with Crippen LogP contribution in [0, 0.1) is 11.8 Å². The number of nitrogens with one attached hydrogen (secondary N) is 1. The summed E-state index contributed by atoms with van der Waals surface area (Å²) in [5.41, 5.74) is 1.06. The van der Waals surface area contributed by atoms with Gasteiger partial charge in [0.05, 0.1) is 19.9 Å². The summed E-state index contributed by atoms with van der Waals surface area (Å²) >= 11 is 0. The predicted molar refractivity (Wildman–Crippen MR) is 79.2 cm³/mol. The van der Waals surface area contributed by atoms with Gasteiger partial charge in [0.25, 0.3) is 0 Å². The van der Waals surface area contributed by atoms with Crippen LogP contribution in [0.5, 0.6) is 11.5 Å². The van der Waals surface area contributed by atoms with E-state index in [0.29, 0.717) is 0 Å². The zero-order chi connectivity index (χ0) is 13.7. The minimum absolute atomic E-state index is 0.788. The molecule has 0 aliphatic heterocycles. The summed E-state index contributed by atoms with van der Waals surface area (Å²) in [7, 11) is 3.37. The van der Waals surface area contributed by atoms with Crippen LogP contribution in [0.2, 0.25) is 0 Å². The molecule has 19 heavy (non-hydrogen) atoms. The number of hydrogen-bond donors (Lipinski definition) is 1. The molecule has 1 N–H and O–H groups in total. The third kappa shape index (κ3) is 3.79. The Kier molecular flexibility index (Phi) is 4.94. The fraction of sp³-hybridized carbons (Fsp3) is 0.625. The Morgan fingerprint density at radius 2 is 2.05 bits per heavy atom. The second-order valence-electron chi connectivity index (χ2n) is 5.58. The molecule has 2 rings (SSSR count). The van der Waals surface area contributed by atoms with Crippen molar-refractivity contribution in [2.75, 3.05) is 26.1 Å². The predicted octanol–water partition coefficient (Wildman–Crippen LogP) is 3.94. The first-order valence-corrected chi connectivity index (χ1v) is 7.18. The zero-order valence-electron chi connectivity index (χ0n) is 12.2. The molecule has 1 aliphatic rings. The Balaban J connectivity index is 1.95. The van der Waals surface area contributed by atoms with Crippen molar-refractivity contribution in [2.45, 2.75) is 32.6 Å². The Morgan fingerprint density at radius 1 is 1.21 bits per heavy atom. The molecule has 2 atom stereocenters. The molecule has 1 fully saturated rings. The van der Waals surface area contributed by atoms with Gasteiger partial charge in [-0.15, -0.1) is 0 Å². The lowest BCUT2D eigenvalue weighted by Gasteiger charge is -2.27. The van der Waals surface area contributed by atoms with E-state index in [1.165, 1.54) is 25.7 Å². The molecule has 2 unspecified atom stereocenters. The lowest BCUT2D eigenvalue weighted by Crippen LogP contribution is -2.21. The van der Waals surface area contributed by atoms with E-state index in [4.69, 9.17) is 9.47 Å². The van der Waals surface area contributed by atoms with Crippen molar-refractivity contribution in [1.82, 2.24) is 0 Å². The van der Waals surface area contributed by atoms with Gasteiger partial charge in [-0.3, -0.25) is 0 Å². The minimum atomic E-state index is 0.788. The molecule has 3 heteroatoms. The average molecular weight is 263 g/mol. The van der Waals surface area contributed by atoms with Gasteiger partial charge in [-0.25, -0.2) is 0 Å². The SMILES string of the molecule is COc1ccc(NCC2CCCC(C)C2)c(OC)c1. The van der Waals surface area contributed by atoms with Crippen molar-refractivity contribution in [1.29, 1.82) is 0 Å². The van der Waals surface area contributed by atoms with Gasteiger partial charge in [-0.2, -0.15) is 0 Å². The average Bonchev–Trinajstić information content (AvgIpc) is 2.45.